The van der Waals surface area contributed by atoms with Gasteiger partial charge in [0.05, 0.1) is 16.8 Å². The van der Waals surface area contributed by atoms with Crippen LogP contribution < -0.4 is 0 Å². The van der Waals surface area contributed by atoms with E-state index in [2.05, 4.69) is 214 Å². The van der Waals surface area contributed by atoms with Gasteiger partial charge in [-0.25, -0.2) is 0 Å². The SMILES string of the molecule is C=N/C(=C(\N=C(/C)c1ccc2c3c(cccc13)-c1ccccc1-2)c1ccc(-c2ccccc2)cc1)c1ccc2c(c1)C1(c3ccccc3S2)c2ccccc2-c2ccccc21. The predicted octanol–water partition coefficient (Wildman–Crippen LogP) is 15.0. The van der Waals surface area contributed by atoms with Gasteiger partial charge < -0.3 is 0 Å². The first kappa shape index (κ1) is 35.6. The molecular weight excluding hydrogens is 757 g/mol. The van der Waals surface area contributed by atoms with Gasteiger partial charge in [0, 0.05) is 32.2 Å². The molecule has 12 rings (SSSR count). The first-order chi connectivity index (χ1) is 30.1. The van der Waals surface area contributed by atoms with E-state index >= 15 is 0 Å². The Morgan fingerprint density at radius 3 is 1.70 bits per heavy atom. The molecule has 2 aliphatic carbocycles. The van der Waals surface area contributed by atoms with Gasteiger partial charge in [0.25, 0.3) is 0 Å². The van der Waals surface area contributed by atoms with E-state index in [1.54, 1.807) is 0 Å². The zero-order chi connectivity index (χ0) is 40.7. The minimum absolute atomic E-state index is 0.508. The Bertz CT molecular complexity index is 3280. The molecule has 0 saturated heterocycles. The molecule has 1 heterocycles. The van der Waals surface area contributed by atoms with Crippen LogP contribution in [0, 0.1) is 0 Å². The molecule has 1 aliphatic heterocycles. The van der Waals surface area contributed by atoms with Crippen LogP contribution >= 0.6 is 11.8 Å². The second-order valence-electron chi connectivity index (χ2n) is 16.1. The van der Waals surface area contributed by atoms with Gasteiger partial charge >= 0.3 is 0 Å². The van der Waals surface area contributed by atoms with Crippen LogP contribution in [0.4, 0.5) is 0 Å². The fourth-order valence-corrected chi connectivity index (χ4v) is 11.5. The Hall–Kier alpha value is -7.33. The van der Waals surface area contributed by atoms with Crippen molar-refractivity contribution >= 4 is 46.4 Å². The number of rotatable bonds is 6. The summed E-state index contributed by atoms with van der Waals surface area (Å²) in [4.78, 5) is 13.0. The molecule has 0 aromatic heterocycles. The van der Waals surface area contributed by atoms with Crippen LogP contribution in [0.3, 0.4) is 0 Å². The number of nitrogens with zero attached hydrogens (tertiary/aromatic N) is 2. The second kappa shape index (κ2) is 13.9. The summed E-state index contributed by atoms with van der Waals surface area (Å²) in [5, 5.41) is 2.48. The molecule has 3 heteroatoms. The Balaban J connectivity index is 1.09. The van der Waals surface area contributed by atoms with Crippen LogP contribution in [0.25, 0.3) is 66.7 Å². The third-order valence-corrected chi connectivity index (χ3v) is 14.1. The summed E-state index contributed by atoms with van der Waals surface area (Å²) < 4.78 is 0. The summed E-state index contributed by atoms with van der Waals surface area (Å²) in [6.07, 6.45) is 0. The third kappa shape index (κ3) is 5.24. The van der Waals surface area contributed by atoms with Crippen LogP contribution in [0.5, 0.6) is 0 Å². The number of fused-ring (bicyclic) bond motifs is 12. The lowest BCUT2D eigenvalue weighted by Crippen LogP contribution is -2.32. The monoisotopic (exact) mass is 794 g/mol. The van der Waals surface area contributed by atoms with E-state index in [0.29, 0.717) is 0 Å². The summed E-state index contributed by atoms with van der Waals surface area (Å²) in [6.45, 7) is 6.39. The fraction of sp³-hybridized carbons (Fsp3) is 0.0345. The zero-order valence-electron chi connectivity index (χ0n) is 33.6. The molecule has 0 unspecified atom stereocenters. The Kier molecular flexibility index (Phi) is 8.10. The standard InChI is InChI=1S/C58H38N2S/c1-36(41-32-33-48-43-18-7-6-17-42(43)47-22-14-21-46(41)55(47)48)60-57(39-29-27-38(28-30-39)37-15-4-3-5-16-37)56(59-2)40-31-34-54-52(35-40)58(51-25-12-13-26-53(51)61-54)49-23-10-8-19-44(49)45-20-9-11-24-50(45)58/h3-35H,2H2,1H3/b57-56-,60-36+. The van der Waals surface area contributed by atoms with E-state index in [1.807, 2.05) is 11.8 Å². The first-order valence-electron chi connectivity index (χ1n) is 20.8. The molecular formula is C58H38N2S. The maximum Gasteiger partial charge on any atom is 0.0967 e. The highest BCUT2D eigenvalue weighted by atomic mass is 32.2. The normalized spacial score (nSPS) is 14.1. The molecule has 286 valence electrons. The Morgan fingerprint density at radius 1 is 0.443 bits per heavy atom. The highest BCUT2D eigenvalue weighted by Gasteiger charge is 2.50. The largest absolute Gasteiger partial charge is 0.262 e. The average Bonchev–Trinajstić information content (AvgIpc) is 3.81. The topological polar surface area (TPSA) is 24.7 Å². The molecule has 9 aromatic rings. The summed E-state index contributed by atoms with van der Waals surface area (Å²) >= 11 is 1.85. The molecule has 0 fully saturated rings. The molecule has 3 aliphatic rings. The molecule has 61 heavy (non-hydrogen) atoms. The van der Waals surface area contributed by atoms with Gasteiger partial charge in [-0.05, 0) is 109 Å². The minimum Gasteiger partial charge on any atom is -0.262 e. The third-order valence-electron chi connectivity index (χ3n) is 13.0. The molecule has 0 bridgehead atoms. The second-order valence-corrected chi connectivity index (χ2v) is 17.2. The van der Waals surface area contributed by atoms with E-state index in [-0.39, 0.29) is 0 Å². The van der Waals surface area contributed by atoms with Gasteiger partial charge in [0.15, 0.2) is 0 Å². The quantitative estimate of drug-likeness (QED) is 0.122. The summed E-state index contributed by atoms with van der Waals surface area (Å²) in [7, 11) is 0. The first-order valence-corrected chi connectivity index (χ1v) is 21.6. The van der Waals surface area contributed by atoms with Crippen molar-refractivity contribution in [2.45, 2.75) is 22.1 Å². The molecule has 0 N–H and O–H groups in total. The summed E-state index contributed by atoms with van der Waals surface area (Å²) in [5.41, 5.74) is 20.1. The van der Waals surface area contributed by atoms with E-state index in [9.17, 15) is 0 Å². The summed E-state index contributed by atoms with van der Waals surface area (Å²) in [6, 6.07) is 72.9. The van der Waals surface area contributed by atoms with Crippen LogP contribution in [0.1, 0.15) is 45.9 Å². The number of hydrogen-bond donors (Lipinski definition) is 0. The maximum absolute atomic E-state index is 5.61. The fourth-order valence-electron chi connectivity index (χ4n) is 10.4. The van der Waals surface area contributed by atoms with Crippen molar-refractivity contribution in [3.8, 4) is 44.5 Å². The smallest absolute Gasteiger partial charge is 0.0967 e. The minimum atomic E-state index is -0.508. The highest BCUT2D eigenvalue weighted by Crippen LogP contribution is 2.62. The van der Waals surface area contributed by atoms with Crippen molar-refractivity contribution in [1.82, 2.24) is 0 Å². The van der Waals surface area contributed by atoms with E-state index in [4.69, 9.17) is 9.98 Å². The van der Waals surface area contributed by atoms with Gasteiger partial charge in [-0.3, -0.25) is 9.98 Å². The van der Waals surface area contributed by atoms with Crippen molar-refractivity contribution in [2.24, 2.45) is 9.98 Å². The number of benzene rings is 9. The Morgan fingerprint density at radius 2 is 1.00 bits per heavy atom. The van der Waals surface area contributed by atoms with E-state index in [0.717, 1.165) is 39.4 Å². The van der Waals surface area contributed by atoms with Crippen molar-refractivity contribution in [3.05, 3.63) is 239 Å². The summed E-state index contributed by atoms with van der Waals surface area (Å²) in [5.74, 6) is 0. The highest BCUT2D eigenvalue weighted by molar-refractivity contribution is 7.99. The molecule has 0 radical (unpaired) electrons. The lowest BCUT2D eigenvalue weighted by atomic mass is 9.67. The van der Waals surface area contributed by atoms with Gasteiger partial charge in [-0.2, -0.15) is 0 Å². The van der Waals surface area contributed by atoms with Gasteiger partial charge in [0.2, 0.25) is 0 Å². The molecule has 9 aromatic carbocycles. The number of hydrogen-bond acceptors (Lipinski definition) is 3. The van der Waals surface area contributed by atoms with Crippen molar-refractivity contribution in [1.29, 1.82) is 0 Å². The lowest BCUT2D eigenvalue weighted by Gasteiger charge is -2.40. The zero-order valence-corrected chi connectivity index (χ0v) is 34.4. The molecule has 1 spiro atoms. The molecule has 0 saturated carbocycles. The molecule has 0 amide bonds. The Labute approximate surface area is 360 Å². The van der Waals surface area contributed by atoms with E-state index < -0.39 is 5.41 Å². The molecule has 0 atom stereocenters. The van der Waals surface area contributed by atoms with E-state index in [1.165, 1.54) is 81.8 Å². The predicted molar refractivity (Wildman–Crippen MR) is 257 cm³/mol. The van der Waals surface area contributed by atoms with Crippen LogP contribution in [-0.4, -0.2) is 12.4 Å². The van der Waals surface area contributed by atoms with Crippen molar-refractivity contribution < 1.29 is 0 Å². The molecule has 2 nitrogen and oxygen atoms in total. The van der Waals surface area contributed by atoms with Crippen LogP contribution in [0.15, 0.2) is 220 Å². The maximum atomic E-state index is 5.61. The van der Waals surface area contributed by atoms with Crippen LogP contribution in [-0.2, 0) is 5.41 Å². The van der Waals surface area contributed by atoms with Crippen molar-refractivity contribution in [3.63, 3.8) is 0 Å². The number of aliphatic imine (C=N–C) groups is 2. The van der Waals surface area contributed by atoms with Crippen LogP contribution in [0.2, 0.25) is 0 Å². The average molecular weight is 795 g/mol. The van der Waals surface area contributed by atoms with Gasteiger partial charge in [-0.15, -0.1) is 0 Å². The van der Waals surface area contributed by atoms with Gasteiger partial charge in [0.1, 0.15) is 0 Å². The van der Waals surface area contributed by atoms with Gasteiger partial charge in [-0.1, -0.05) is 194 Å². The van der Waals surface area contributed by atoms with Crippen molar-refractivity contribution in [2.75, 3.05) is 0 Å². The lowest BCUT2D eigenvalue weighted by molar-refractivity contribution is 0.722.